The van der Waals surface area contributed by atoms with Gasteiger partial charge in [0.2, 0.25) is 5.96 Å². The topological polar surface area (TPSA) is 53.6 Å². The van der Waals surface area contributed by atoms with Crippen LogP contribution in [-0.2, 0) is 0 Å². The number of hydrogen-bond acceptors (Lipinski definition) is 2. The summed E-state index contributed by atoms with van der Waals surface area (Å²) in [6.45, 7) is 0. The van der Waals surface area contributed by atoms with Crippen LogP contribution in [0.2, 0.25) is 0 Å². The summed E-state index contributed by atoms with van der Waals surface area (Å²) in [5.41, 5.74) is 3.03. The fourth-order valence-electron chi connectivity index (χ4n) is 2.26. The third-order valence-corrected chi connectivity index (χ3v) is 3.29. The zero-order chi connectivity index (χ0) is 13.0. The first-order valence-corrected chi connectivity index (χ1v) is 6.25. The molecule has 0 heterocycles. The molecule has 3 N–H and O–H groups in total. The largest absolute Gasteiger partial charge is 0.312 e. The molecule has 1 fully saturated rings. The van der Waals surface area contributed by atoms with Crippen molar-refractivity contribution in [2.24, 2.45) is 10.8 Å². The van der Waals surface area contributed by atoms with Gasteiger partial charge in [0.15, 0.2) is 0 Å². The number of para-hydroxylation sites is 1. The number of nitrogens with zero attached hydrogens (tertiary/aromatic N) is 2. The highest BCUT2D eigenvalue weighted by Crippen LogP contribution is 2.22. The van der Waals surface area contributed by atoms with Gasteiger partial charge in [0.25, 0.3) is 0 Å². The number of guanidine groups is 1. The molecular weight excluding hydrogens is 231 g/mol. The lowest BCUT2D eigenvalue weighted by Crippen LogP contribution is -2.44. The second-order valence-electron chi connectivity index (χ2n) is 4.55. The Labute approximate surface area is 107 Å². The zero-order valence-electron chi connectivity index (χ0n) is 10.6. The minimum Gasteiger partial charge on any atom is -0.312 e. The molecule has 0 aromatic heterocycles. The van der Waals surface area contributed by atoms with Crippen LogP contribution in [0.4, 0.5) is 10.1 Å². The van der Waals surface area contributed by atoms with Crippen LogP contribution in [0.15, 0.2) is 29.3 Å². The van der Waals surface area contributed by atoms with Crippen LogP contribution >= 0.6 is 0 Å². The molecule has 98 valence electrons. The molecule has 1 aromatic carbocycles. The lowest BCUT2D eigenvalue weighted by Gasteiger charge is -2.22. The average molecular weight is 250 g/mol. The van der Waals surface area contributed by atoms with Crippen LogP contribution in [0.1, 0.15) is 25.7 Å². The van der Waals surface area contributed by atoms with Crippen molar-refractivity contribution in [1.82, 2.24) is 5.43 Å². The smallest absolute Gasteiger partial charge is 0.213 e. The molecule has 0 amide bonds. The average Bonchev–Trinajstić information content (AvgIpc) is 2.88. The van der Waals surface area contributed by atoms with E-state index in [2.05, 4.69) is 10.4 Å². The molecule has 1 aromatic rings. The van der Waals surface area contributed by atoms with E-state index < -0.39 is 0 Å². The first-order chi connectivity index (χ1) is 8.72. The highest BCUT2D eigenvalue weighted by Gasteiger charge is 2.17. The monoisotopic (exact) mass is 250 g/mol. The number of nitrogens with two attached hydrogens (primary N) is 1. The molecule has 0 spiro atoms. The van der Waals surface area contributed by atoms with Crippen LogP contribution in [0.3, 0.4) is 0 Å². The van der Waals surface area contributed by atoms with E-state index in [1.54, 1.807) is 30.1 Å². The molecule has 0 aliphatic heterocycles. The first-order valence-electron chi connectivity index (χ1n) is 6.25. The second-order valence-corrected chi connectivity index (χ2v) is 4.55. The summed E-state index contributed by atoms with van der Waals surface area (Å²) in [5, 5.41) is 0. The van der Waals surface area contributed by atoms with Gasteiger partial charge in [-0.2, -0.15) is 0 Å². The number of hydrogen-bond donors (Lipinski definition) is 2. The van der Waals surface area contributed by atoms with Crippen LogP contribution in [-0.4, -0.2) is 19.0 Å². The van der Waals surface area contributed by atoms with Crippen molar-refractivity contribution in [2.45, 2.75) is 31.7 Å². The van der Waals surface area contributed by atoms with Crippen LogP contribution < -0.4 is 16.2 Å². The number of rotatable bonds is 2. The fourth-order valence-corrected chi connectivity index (χ4v) is 2.26. The fraction of sp³-hybridized carbons (Fsp3) is 0.462. The van der Waals surface area contributed by atoms with E-state index in [0.29, 0.717) is 17.7 Å². The standard InChI is InChI=1S/C13H19FN4/c1-18(12-9-5-4-8-11(12)14)13(17-15)16-10-6-2-3-7-10/h4-5,8-10H,2-3,6-7,15H2,1H3,(H,16,17). The molecule has 0 radical (unpaired) electrons. The van der Waals surface area contributed by atoms with Gasteiger partial charge in [0.05, 0.1) is 11.7 Å². The normalized spacial score (nSPS) is 16.9. The van der Waals surface area contributed by atoms with Crippen LogP contribution in [0.5, 0.6) is 0 Å². The van der Waals surface area contributed by atoms with Gasteiger partial charge in [-0.3, -0.25) is 5.43 Å². The van der Waals surface area contributed by atoms with Crippen molar-refractivity contribution in [3.63, 3.8) is 0 Å². The summed E-state index contributed by atoms with van der Waals surface area (Å²) in [5.74, 6) is 5.72. The number of benzene rings is 1. The van der Waals surface area contributed by atoms with Crippen LogP contribution in [0, 0.1) is 5.82 Å². The van der Waals surface area contributed by atoms with Crippen molar-refractivity contribution in [3.8, 4) is 0 Å². The van der Waals surface area contributed by atoms with Crippen molar-refractivity contribution in [2.75, 3.05) is 11.9 Å². The van der Waals surface area contributed by atoms with E-state index in [1.165, 1.54) is 18.9 Å². The highest BCUT2D eigenvalue weighted by atomic mass is 19.1. The third kappa shape index (κ3) is 2.79. The van der Waals surface area contributed by atoms with E-state index in [4.69, 9.17) is 5.84 Å². The van der Waals surface area contributed by atoms with Crippen molar-refractivity contribution >= 4 is 11.6 Å². The molecule has 1 aliphatic carbocycles. The van der Waals surface area contributed by atoms with Crippen LogP contribution in [0.25, 0.3) is 0 Å². The van der Waals surface area contributed by atoms with E-state index in [9.17, 15) is 4.39 Å². The lowest BCUT2D eigenvalue weighted by atomic mass is 10.2. The predicted octanol–water partition coefficient (Wildman–Crippen LogP) is 2.02. The minimum absolute atomic E-state index is 0.283. The number of halogens is 1. The third-order valence-electron chi connectivity index (χ3n) is 3.29. The van der Waals surface area contributed by atoms with Gasteiger partial charge in [-0.25, -0.2) is 15.2 Å². The van der Waals surface area contributed by atoms with Gasteiger partial charge >= 0.3 is 0 Å². The molecule has 18 heavy (non-hydrogen) atoms. The zero-order valence-corrected chi connectivity index (χ0v) is 10.6. The van der Waals surface area contributed by atoms with E-state index in [1.807, 2.05) is 0 Å². The highest BCUT2D eigenvalue weighted by molar-refractivity contribution is 5.95. The Morgan fingerprint density at radius 1 is 1.39 bits per heavy atom. The summed E-state index contributed by atoms with van der Waals surface area (Å²) < 4.78 is 13.7. The van der Waals surface area contributed by atoms with Gasteiger partial charge in [-0.05, 0) is 25.0 Å². The molecular formula is C13H19FN4. The summed E-state index contributed by atoms with van der Waals surface area (Å²) in [6, 6.07) is 6.88. The number of anilines is 1. The Balaban J connectivity index is 2.19. The van der Waals surface area contributed by atoms with Crippen molar-refractivity contribution in [3.05, 3.63) is 30.1 Å². The summed E-state index contributed by atoms with van der Waals surface area (Å²) >= 11 is 0. The minimum atomic E-state index is -0.283. The Bertz CT molecular complexity index is 427. The Morgan fingerprint density at radius 3 is 2.67 bits per heavy atom. The van der Waals surface area contributed by atoms with E-state index in [0.717, 1.165) is 12.8 Å². The van der Waals surface area contributed by atoms with E-state index >= 15 is 0 Å². The maximum atomic E-state index is 13.7. The SMILES string of the molecule is CN(C(=NC1CCCC1)NN)c1ccccc1F. The van der Waals surface area contributed by atoms with Crippen molar-refractivity contribution < 1.29 is 4.39 Å². The number of nitrogens with one attached hydrogen (secondary N) is 1. The maximum absolute atomic E-state index is 13.7. The number of hydrazine groups is 1. The predicted molar refractivity (Wildman–Crippen MR) is 71.8 cm³/mol. The lowest BCUT2D eigenvalue weighted by molar-refractivity contribution is 0.627. The Hall–Kier alpha value is -1.62. The molecule has 4 nitrogen and oxygen atoms in total. The van der Waals surface area contributed by atoms with Gasteiger partial charge in [0, 0.05) is 7.05 Å². The molecule has 5 heteroatoms. The Morgan fingerprint density at radius 2 is 2.06 bits per heavy atom. The maximum Gasteiger partial charge on any atom is 0.213 e. The molecule has 0 unspecified atom stereocenters. The van der Waals surface area contributed by atoms with Gasteiger partial charge in [0.1, 0.15) is 5.82 Å². The quantitative estimate of drug-likeness (QED) is 0.365. The Kier molecular flexibility index (Phi) is 4.15. The molecule has 0 saturated heterocycles. The first kappa shape index (κ1) is 12.8. The molecule has 1 saturated carbocycles. The summed E-state index contributed by atoms with van der Waals surface area (Å²) in [4.78, 5) is 6.20. The molecule has 0 bridgehead atoms. The summed E-state index contributed by atoms with van der Waals surface area (Å²) in [6.07, 6.45) is 4.57. The van der Waals surface area contributed by atoms with Gasteiger partial charge in [-0.1, -0.05) is 25.0 Å². The van der Waals surface area contributed by atoms with Gasteiger partial charge in [-0.15, -0.1) is 0 Å². The van der Waals surface area contributed by atoms with Crippen molar-refractivity contribution in [1.29, 1.82) is 0 Å². The summed E-state index contributed by atoms with van der Waals surface area (Å²) in [7, 11) is 1.76. The van der Waals surface area contributed by atoms with Gasteiger partial charge < -0.3 is 4.90 Å². The second kappa shape index (κ2) is 5.82. The van der Waals surface area contributed by atoms with E-state index in [-0.39, 0.29) is 5.82 Å². The number of aliphatic imine (C=N–C) groups is 1. The molecule has 1 aliphatic rings. The molecule has 2 rings (SSSR count). The molecule has 0 atom stereocenters.